The van der Waals surface area contributed by atoms with Gasteiger partial charge in [-0.1, -0.05) is 31.5 Å². The average Bonchev–Trinajstić information content (AvgIpc) is 2.50. The minimum absolute atomic E-state index is 0.224. The van der Waals surface area contributed by atoms with Crippen LogP contribution in [0, 0.1) is 0 Å². The molecule has 1 aliphatic rings. The van der Waals surface area contributed by atoms with Crippen molar-refractivity contribution in [3.05, 3.63) is 35.4 Å². The summed E-state index contributed by atoms with van der Waals surface area (Å²) in [6, 6.07) is 7.55. The molecule has 0 N–H and O–H groups in total. The molecule has 1 unspecified atom stereocenters. The van der Waals surface area contributed by atoms with Crippen LogP contribution in [-0.2, 0) is 9.25 Å². The molecular weight excluding hydrogens is 256 g/mol. The van der Waals surface area contributed by atoms with Gasteiger partial charge in [-0.3, -0.25) is 0 Å². The van der Waals surface area contributed by atoms with E-state index in [9.17, 15) is 4.79 Å². The van der Waals surface area contributed by atoms with Crippen molar-refractivity contribution >= 4 is 21.9 Å². The van der Waals surface area contributed by atoms with Crippen molar-refractivity contribution in [2.45, 2.75) is 30.7 Å². The van der Waals surface area contributed by atoms with Gasteiger partial charge in [0, 0.05) is 12.0 Å². The van der Waals surface area contributed by atoms with Gasteiger partial charge < -0.3 is 4.74 Å². The summed E-state index contributed by atoms with van der Waals surface area (Å²) < 4.78 is 4.81. The minimum atomic E-state index is -0.587. The number of carbonyl (C=O) groups excluding carboxylic acids is 1. The van der Waals surface area contributed by atoms with Crippen molar-refractivity contribution in [2.24, 2.45) is 0 Å². The fraction of sp³-hybridized carbons (Fsp3) is 0.417. The summed E-state index contributed by atoms with van der Waals surface area (Å²) in [5.74, 6) is -0.224. The number of halogens is 1. The molecule has 0 aliphatic carbocycles. The molecule has 0 aromatic heterocycles. The standard InChI is InChI=1S/C12H13BrO2/c1-2-3-8-12(13)10-7-5-4-6-9(10)11(14)15-12/h4-7H,2-3,8H2,1H3. The lowest BCUT2D eigenvalue weighted by Gasteiger charge is -2.21. The van der Waals surface area contributed by atoms with Crippen molar-refractivity contribution in [1.82, 2.24) is 0 Å². The lowest BCUT2D eigenvalue weighted by atomic mass is 10.0. The minimum Gasteiger partial charge on any atom is -0.439 e. The number of hydrogen-bond acceptors (Lipinski definition) is 2. The van der Waals surface area contributed by atoms with E-state index >= 15 is 0 Å². The zero-order chi connectivity index (χ0) is 10.9. The van der Waals surface area contributed by atoms with Crippen LogP contribution in [0.15, 0.2) is 24.3 Å². The Hall–Kier alpha value is -0.830. The van der Waals surface area contributed by atoms with Crippen molar-refractivity contribution in [1.29, 1.82) is 0 Å². The average molecular weight is 269 g/mol. The highest BCUT2D eigenvalue weighted by molar-refractivity contribution is 9.09. The van der Waals surface area contributed by atoms with Crippen molar-refractivity contribution in [2.75, 3.05) is 0 Å². The molecule has 1 aromatic rings. The molecule has 0 amide bonds. The molecule has 1 aromatic carbocycles. The second-order valence-electron chi connectivity index (χ2n) is 3.77. The molecule has 0 radical (unpaired) electrons. The van der Waals surface area contributed by atoms with E-state index in [-0.39, 0.29) is 5.97 Å². The Bertz CT molecular complexity index is 389. The van der Waals surface area contributed by atoms with Gasteiger partial charge in [-0.05, 0) is 28.4 Å². The van der Waals surface area contributed by atoms with E-state index in [1.165, 1.54) is 0 Å². The summed E-state index contributed by atoms with van der Waals surface area (Å²) in [6.07, 6.45) is 2.95. The number of carbonyl (C=O) groups is 1. The molecule has 0 bridgehead atoms. The summed E-state index contributed by atoms with van der Waals surface area (Å²) in [6.45, 7) is 2.12. The van der Waals surface area contributed by atoms with Gasteiger partial charge in [-0.15, -0.1) is 0 Å². The highest BCUT2D eigenvalue weighted by Crippen LogP contribution is 2.44. The predicted molar refractivity (Wildman–Crippen MR) is 62.0 cm³/mol. The predicted octanol–water partition coefficient (Wildman–Crippen LogP) is 3.59. The van der Waals surface area contributed by atoms with Crippen LogP contribution in [0.4, 0.5) is 0 Å². The quantitative estimate of drug-likeness (QED) is 0.619. The summed E-state index contributed by atoms with van der Waals surface area (Å²) in [5, 5.41) is 0. The smallest absolute Gasteiger partial charge is 0.340 e. The second kappa shape index (κ2) is 3.97. The molecule has 80 valence electrons. The van der Waals surface area contributed by atoms with Gasteiger partial charge in [0.1, 0.15) is 0 Å². The van der Waals surface area contributed by atoms with Crippen LogP contribution in [0.25, 0.3) is 0 Å². The van der Waals surface area contributed by atoms with E-state index in [2.05, 4.69) is 22.9 Å². The van der Waals surface area contributed by atoms with Crippen LogP contribution >= 0.6 is 15.9 Å². The Kier molecular flexibility index (Phi) is 2.83. The van der Waals surface area contributed by atoms with Gasteiger partial charge in [-0.25, -0.2) is 4.79 Å². The molecule has 2 nitrogen and oxygen atoms in total. The Morgan fingerprint density at radius 3 is 2.87 bits per heavy atom. The molecule has 0 saturated heterocycles. The molecule has 15 heavy (non-hydrogen) atoms. The number of hydrogen-bond donors (Lipinski definition) is 0. The van der Waals surface area contributed by atoms with Crippen molar-refractivity contribution < 1.29 is 9.53 Å². The first kappa shape index (κ1) is 10.7. The number of cyclic esters (lactones) is 1. The Labute approximate surface area is 97.8 Å². The summed E-state index contributed by atoms with van der Waals surface area (Å²) in [5.41, 5.74) is 1.65. The third-order valence-electron chi connectivity index (χ3n) is 2.66. The van der Waals surface area contributed by atoms with E-state index in [1.807, 2.05) is 24.3 Å². The number of esters is 1. The van der Waals surface area contributed by atoms with Crippen LogP contribution in [0.2, 0.25) is 0 Å². The third-order valence-corrected chi connectivity index (χ3v) is 3.64. The number of fused-ring (bicyclic) bond motifs is 1. The van der Waals surface area contributed by atoms with Gasteiger partial charge in [0.05, 0.1) is 5.56 Å². The Morgan fingerprint density at radius 2 is 2.13 bits per heavy atom. The zero-order valence-electron chi connectivity index (χ0n) is 8.63. The number of unbranched alkanes of at least 4 members (excludes halogenated alkanes) is 1. The molecule has 0 saturated carbocycles. The fourth-order valence-electron chi connectivity index (χ4n) is 1.83. The van der Waals surface area contributed by atoms with Crippen molar-refractivity contribution in [3.8, 4) is 0 Å². The maximum Gasteiger partial charge on any atom is 0.340 e. The monoisotopic (exact) mass is 268 g/mol. The van der Waals surface area contributed by atoms with Crippen LogP contribution in [0.5, 0.6) is 0 Å². The first-order valence-corrected chi connectivity index (χ1v) is 5.98. The highest BCUT2D eigenvalue weighted by Gasteiger charge is 2.42. The van der Waals surface area contributed by atoms with Crippen LogP contribution in [0.1, 0.15) is 42.1 Å². The SMILES string of the molecule is CCCCC1(Br)OC(=O)c2ccccc21. The Balaban J connectivity index is 2.34. The highest BCUT2D eigenvalue weighted by atomic mass is 79.9. The summed E-state index contributed by atoms with van der Waals surface area (Å²) in [4.78, 5) is 11.6. The maximum atomic E-state index is 11.6. The first-order chi connectivity index (χ1) is 7.17. The molecule has 2 rings (SSSR count). The van der Waals surface area contributed by atoms with E-state index in [1.54, 1.807) is 0 Å². The second-order valence-corrected chi connectivity index (χ2v) is 5.05. The lowest BCUT2D eigenvalue weighted by molar-refractivity contribution is 0.0282. The third kappa shape index (κ3) is 1.81. The molecule has 0 spiro atoms. The van der Waals surface area contributed by atoms with E-state index in [4.69, 9.17) is 4.74 Å². The van der Waals surface area contributed by atoms with Gasteiger partial charge in [0.15, 0.2) is 4.51 Å². The largest absolute Gasteiger partial charge is 0.439 e. The number of ether oxygens (including phenoxy) is 1. The zero-order valence-corrected chi connectivity index (χ0v) is 10.2. The normalized spacial score (nSPS) is 23.7. The van der Waals surface area contributed by atoms with E-state index in [0.717, 1.165) is 24.8 Å². The fourth-order valence-corrected chi connectivity index (χ4v) is 2.61. The molecular formula is C12H13BrO2. The van der Waals surface area contributed by atoms with E-state index in [0.29, 0.717) is 5.56 Å². The molecule has 1 atom stereocenters. The number of rotatable bonds is 3. The van der Waals surface area contributed by atoms with Crippen molar-refractivity contribution in [3.63, 3.8) is 0 Å². The van der Waals surface area contributed by atoms with E-state index < -0.39 is 4.51 Å². The van der Waals surface area contributed by atoms with Crippen LogP contribution in [-0.4, -0.2) is 5.97 Å². The molecule has 3 heteroatoms. The topological polar surface area (TPSA) is 26.3 Å². The Morgan fingerprint density at radius 1 is 1.40 bits per heavy atom. The molecule has 1 aliphatic heterocycles. The first-order valence-electron chi connectivity index (χ1n) is 5.19. The molecule has 1 heterocycles. The maximum absolute atomic E-state index is 11.6. The van der Waals surface area contributed by atoms with Gasteiger partial charge >= 0.3 is 5.97 Å². The lowest BCUT2D eigenvalue weighted by Crippen LogP contribution is -2.17. The summed E-state index contributed by atoms with van der Waals surface area (Å²) >= 11 is 3.54. The number of alkyl halides is 1. The van der Waals surface area contributed by atoms with Gasteiger partial charge in [0.25, 0.3) is 0 Å². The van der Waals surface area contributed by atoms with Gasteiger partial charge in [0.2, 0.25) is 0 Å². The summed E-state index contributed by atoms with van der Waals surface area (Å²) in [7, 11) is 0. The van der Waals surface area contributed by atoms with Gasteiger partial charge in [-0.2, -0.15) is 0 Å². The molecule has 0 fully saturated rings. The number of benzene rings is 1. The van der Waals surface area contributed by atoms with Crippen LogP contribution < -0.4 is 0 Å². The van der Waals surface area contributed by atoms with Crippen LogP contribution in [0.3, 0.4) is 0 Å².